The van der Waals surface area contributed by atoms with Crippen LogP contribution in [-0.4, -0.2) is 58.1 Å². The highest BCUT2D eigenvalue weighted by molar-refractivity contribution is 5.61. The third-order valence-corrected chi connectivity index (χ3v) is 3.87. The van der Waals surface area contributed by atoms with Crippen LogP contribution in [0.1, 0.15) is 12.6 Å². The summed E-state index contributed by atoms with van der Waals surface area (Å²) in [5.74, 6) is 0. The minimum Gasteiger partial charge on any atom is -0.394 e. The van der Waals surface area contributed by atoms with Crippen molar-refractivity contribution in [2.45, 2.75) is 24.9 Å². The van der Waals surface area contributed by atoms with E-state index in [2.05, 4.69) is 10.3 Å². The summed E-state index contributed by atoms with van der Waals surface area (Å²) in [6, 6.07) is 8.02. The second kappa shape index (κ2) is 6.04. The highest BCUT2D eigenvalue weighted by atomic mass is 16.5. The molecule has 118 valence electrons. The summed E-state index contributed by atoms with van der Waals surface area (Å²) in [4.78, 5) is 2.03. The standard InChI is InChI=1S/C15H20N4O3/c1-18(2)11-5-3-10(4-6-11)12-8-19(17-16-12)15-7-13(21)14(9-20)22-15/h3-6,8,13-15,20-21H,7,9H2,1-2H3/t13-,14+,15-/m0/s1. The number of hydrogen-bond donors (Lipinski definition) is 2. The second-order valence-electron chi connectivity index (χ2n) is 5.64. The molecule has 3 rings (SSSR count). The molecule has 1 aliphatic heterocycles. The molecule has 7 nitrogen and oxygen atoms in total. The fourth-order valence-corrected chi connectivity index (χ4v) is 2.52. The number of benzene rings is 1. The first-order chi connectivity index (χ1) is 10.6. The molecule has 0 aliphatic carbocycles. The Kier molecular flexibility index (Phi) is 4.10. The van der Waals surface area contributed by atoms with Crippen LogP contribution in [0.3, 0.4) is 0 Å². The minimum atomic E-state index is -0.679. The van der Waals surface area contributed by atoms with Gasteiger partial charge in [0.05, 0.1) is 18.9 Å². The maximum absolute atomic E-state index is 9.78. The Morgan fingerprint density at radius 2 is 2.05 bits per heavy atom. The Morgan fingerprint density at radius 3 is 2.64 bits per heavy atom. The molecule has 0 unspecified atom stereocenters. The third-order valence-electron chi connectivity index (χ3n) is 3.87. The number of hydrogen-bond acceptors (Lipinski definition) is 6. The topological polar surface area (TPSA) is 83.6 Å². The van der Waals surface area contributed by atoms with Gasteiger partial charge in [-0.2, -0.15) is 0 Å². The molecule has 1 aromatic carbocycles. The van der Waals surface area contributed by atoms with Gasteiger partial charge < -0.3 is 19.8 Å². The van der Waals surface area contributed by atoms with Gasteiger partial charge in [0.2, 0.25) is 0 Å². The quantitative estimate of drug-likeness (QED) is 0.863. The van der Waals surface area contributed by atoms with E-state index >= 15 is 0 Å². The van der Waals surface area contributed by atoms with Crippen molar-refractivity contribution < 1.29 is 14.9 Å². The van der Waals surface area contributed by atoms with Crippen LogP contribution in [0.15, 0.2) is 30.5 Å². The number of anilines is 1. The Balaban J connectivity index is 1.76. The lowest BCUT2D eigenvalue weighted by atomic mass is 10.1. The van der Waals surface area contributed by atoms with Gasteiger partial charge in [0.15, 0.2) is 6.23 Å². The number of aliphatic hydroxyl groups is 2. The summed E-state index contributed by atoms with van der Waals surface area (Å²) in [6.45, 7) is -0.203. The summed E-state index contributed by atoms with van der Waals surface area (Å²) >= 11 is 0. The molecule has 22 heavy (non-hydrogen) atoms. The van der Waals surface area contributed by atoms with Crippen LogP contribution in [-0.2, 0) is 4.74 Å². The maximum Gasteiger partial charge on any atom is 0.155 e. The molecule has 0 radical (unpaired) electrons. The normalized spacial score (nSPS) is 24.6. The first-order valence-corrected chi connectivity index (χ1v) is 7.22. The van der Waals surface area contributed by atoms with Crippen molar-refractivity contribution in [3.63, 3.8) is 0 Å². The second-order valence-corrected chi connectivity index (χ2v) is 5.64. The molecule has 1 fully saturated rings. The average molecular weight is 304 g/mol. The monoisotopic (exact) mass is 304 g/mol. The summed E-state index contributed by atoms with van der Waals surface area (Å²) in [6.07, 6.45) is 0.559. The van der Waals surface area contributed by atoms with E-state index in [4.69, 9.17) is 9.84 Å². The van der Waals surface area contributed by atoms with E-state index in [9.17, 15) is 5.11 Å². The lowest BCUT2D eigenvalue weighted by Gasteiger charge is -2.12. The molecule has 3 atom stereocenters. The highest BCUT2D eigenvalue weighted by Gasteiger charge is 2.35. The van der Waals surface area contributed by atoms with E-state index in [1.54, 1.807) is 10.9 Å². The number of rotatable bonds is 4. The molecule has 1 aliphatic rings. The van der Waals surface area contributed by atoms with E-state index < -0.39 is 18.4 Å². The van der Waals surface area contributed by atoms with Crippen LogP contribution in [0.2, 0.25) is 0 Å². The molecule has 2 aromatic rings. The van der Waals surface area contributed by atoms with Gasteiger partial charge in [0, 0.05) is 31.8 Å². The fourth-order valence-electron chi connectivity index (χ4n) is 2.52. The lowest BCUT2D eigenvalue weighted by molar-refractivity contribution is -0.0489. The molecule has 2 heterocycles. The molecule has 2 N–H and O–H groups in total. The van der Waals surface area contributed by atoms with Gasteiger partial charge in [0.25, 0.3) is 0 Å². The first kappa shape index (κ1) is 15.0. The Hall–Kier alpha value is -1.96. The maximum atomic E-state index is 9.78. The molecular weight excluding hydrogens is 284 g/mol. The number of nitrogens with zero attached hydrogens (tertiary/aromatic N) is 4. The first-order valence-electron chi connectivity index (χ1n) is 7.22. The Bertz CT molecular complexity index is 626. The van der Waals surface area contributed by atoms with Gasteiger partial charge in [-0.15, -0.1) is 5.10 Å². The molecule has 0 spiro atoms. The average Bonchev–Trinajstić information content (AvgIpc) is 3.13. The zero-order valence-electron chi connectivity index (χ0n) is 12.6. The SMILES string of the molecule is CN(C)c1ccc(-c2cn([C@@H]3C[C@H](O)[C@@H](CO)O3)nn2)cc1. The summed E-state index contributed by atoms with van der Waals surface area (Å²) in [5, 5.41) is 27.1. The van der Waals surface area contributed by atoms with Gasteiger partial charge in [-0.25, -0.2) is 4.68 Å². The van der Waals surface area contributed by atoms with Gasteiger partial charge in [-0.1, -0.05) is 17.3 Å². The largest absolute Gasteiger partial charge is 0.394 e. The Labute approximate surface area is 128 Å². The van der Waals surface area contributed by atoms with Crippen LogP contribution in [0, 0.1) is 0 Å². The fraction of sp³-hybridized carbons (Fsp3) is 0.467. The van der Waals surface area contributed by atoms with Gasteiger partial charge >= 0.3 is 0 Å². The Morgan fingerprint density at radius 1 is 1.32 bits per heavy atom. The number of ether oxygens (including phenoxy) is 1. The minimum absolute atomic E-state index is 0.203. The van der Waals surface area contributed by atoms with Gasteiger partial charge in [-0.05, 0) is 12.1 Å². The number of aliphatic hydroxyl groups excluding tert-OH is 2. The van der Waals surface area contributed by atoms with Gasteiger partial charge in [0.1, 0.15) is 11.8 Å². The molecular formula is C15H20N4O3. The van der Waals surface area contributed by atoms with Crippen molar-refractivity contribution in [2.24, 2.45) is 0 Å². The van der Waals surface area contributed by atoms with E-state index in [0.717, 1.165) is 16.9 Å². The van der Waals surface area contributed by atoms with E-state index in [-0.39, 0.29) is 6.61 Å². The highest BCUT2D eigenvalue weighted by Crippen LogP contribution is 2.29. The van der Waals surface area contributed by atoms with Crippen molar-refractivity contribution in [3.8, 4) is 11.3 Å². The molecule has 0 amide bonds. The van der Waals surface area contributed by atoms with E-state index in [0.29, 0.717) is 6.42 Å². The van der Waals surface area contributed by atoms with Crippen molar-refractivity contribution in [2.75, 3.05) is 25.6 Å². The lowest BCUT2D eigenvalue weighted by Crippen LogP contribution is -2.24. The zero-order chi connectivity index (χ0) is 15.7. The summed E-state index contributed by atoms with van der Waals surface area (Å²) in [7, 11) is 3.98. The molecule has 1 saturated heterocycles. The molecule has 0 bridgehead atoms. The van der Waals surface area contributed by atoms with Crippen molar-refractivity contribution in [3.05, 3.63) is 30.5 Å². The van der Waals surface area contributed by atoms with Crippen molar-refractivity contribution in [1.82, 2.24) is 15.0 Å². The smallest absolute Gasteiger partial charge is 0.155 e. The predicted molar refractivity (Wildman–Crippen MR) is 81.4 cm³/mol. The molecule has 1 aromatic heterocycles. The van der Waals surface area contributed by atoms with Crippen molar-refractivity contribution >= 4 is 5.69 Å². The van der Waals surface area contributed by atoms with E-state index in [1.807, 2.05) is 43.3 Å². The summed E-state index contributed by atoms with van der Waals surface area (Å²) in [5.41, 5.74) is 2.83. The van der Waals surface area contributed by atoms with Crippen LogP contribution < -0.4 is 4.90 Å². The molecule has 7 heteroatoms. The van der Waals surface area contributed by atoms with Gasteiger partial charge in [-0.3, -0.25) is 0 Å². The van der Waals surface area contributed by atoms with Crippen LogP contribution >= 0.6 is 0 Å². The van der Waals surface area contributed by atoms with Crippen LogP contribution in [0.5, 0.6) is 0 Å². The van der Waals surface area contributed by atoms with Crippen LogP contribution in [0.4, 0.5) is 5.69 Å². The van der Waals surface area contributed by atoms with Crippen molar-refractivity contribution in [1.29, 1.82) is 0 Å². The number of aromatic nitrogens is 3. The summed E-state index contributed by atoms with van der Waals surface area (Å²) < 4.78 is 7.15. The predicted octanol–water partition coefficient (Wildman–Crippen LogP) is 0.652. The zero-order valence-corrected chi connectivity index (χ0v) is 12.6. The third kappa shape index (κ3) is 2.83. The van der Waals surface area contributed by atoms with E-state index in [1.165, 1.54) is 0 Å². The van der Waals surface area contributed by atoms with Crippen LogP contribution in [0.25, 0.3) is 11.3 Å². The molecule has 0 saturated carbocycles.